The van der Waals surface area contributed by atoms with Crippen LogP contribution >= 0.6 is 23.2 Å². The molecule has 0 saturated carbocycles. The second-order valence-electron chi connectivity index (χ2n) is 4.06. The standard InChI is InChI=1S/C12H7Cl2F4N3O/c1-5-9(15)10(21-11(14)19-5)20-6-2-3-8(7(13)4-6)22-12(16,17)18/h2-4H,1H3,(H,19,20,21). The van der Waals surface area contributed by atoms with Gasteiger partial charge in [0.15, 0.2) is 11.6 Å². The third kappa shape index (κ3) is 4.11. The topological polar surface area (TPSA) is 47.0 Å². The molecule has 0 fully saturated rings. The molecule has 1 heterocycles. The molecule has 0 atom stereocenters. The number of hydrogen-bond donors (Lipinski definition) is 1. The van der Waals surface area contributed by atoms with Gasteiger partial charge in [-0.05, 0) is 36.7 Å². The number of nitrogens with zero attached hydrogens (tertiary/aromatic N) is 2. The van der Waals surface area contributed by atoms with Gasteiger partial charge in [-0.2, -0.15) is 4.98 Å². The zero-order chi connectivity index (χ0) is 16.5. The van der Waals surface area contributed by atoms with E-state index in [0.29, 0.717) is 0 Å². The Morgan fingerprint density at radius 2 is 1.86 bits per heavy atom. The highest BCUT2D eigenvalue weighted by atomic mass is 35.5. The van der Waals surface area contributed by atoms with Crippen molar-refractivity contribution in [1.29, 1.82) is 0 Å². The summed E-state index contributed by atoms with van der Waals surface area (Å²) < 4.78 is 53.9. The van der Waals surface area contributed by atoms with E-state index in [1.54, 1.807) is 0 Å². The van der Waals surface area contributed by atoms with Crippen LogP contribution in [-0.2, 0) is 0 Å². The smallest absolute Gasteiger partial charge is 0.404 e. The minimum absolute atomic E-state index is 0.0191. The van der Waals surface area contributed by atoms with Crippen molar-refractivity contribution in [2.24, 2.45) is 0 Å². The molecule has 2 aromatic rings. The van der Waals surface area contributed by atoms with E-state index in [9.17, 15) is 17.6 Å². The third-order valence-electron chi connectivity index (χ3n) is 2.41. The van der Waals surface area contributed by atoms with Gasteiger partial charge in [-0.1, -0.05) is 11.6 Å². The Morgan fingerprint density at radius 1 is 1.18 bits per heavy atom. The average molecular weight is 356 g/mol. The van der Waals surface area contributed by atoms with Gasteiger partial charge in [0.1, 0.15) is 5.75 Å². The molecule has 0 aliphatic heterocycles. The molecule has 1 aromatic carbocycles. The lowest BCUT2D eigenvalue weighted by Gasteiger charge is -2.12. The summed E-state index contributed by atoms with van der Waals surface area (Å²) in [7, 11) is 0. The SMILES string of the molecule is Cc1nc(Cl)nc(Nc2ccc(OC(F)(F)F)c(Cl)c2)c1F. The molecule has 0 aliphatic rings. The highest BCUT2D eigenvalue weighted by Gasteiger charge is 2.32. The first-order chi connectivity index (χ1) is 10.2. The highest BCUT2D eigenvalue weighted by Crippen LogP contribution is 2.33. The van der Waals surface area contributed by atoms with E-state index < -0.39 is 17.9 Å². The number of benzene rings is 1. The Labute approximate surface area is 132 Å². The van der Waals surface area contributed by atoms with E-state index in [4.69, 9.17) is 23.2 Å². The fourth-order valence-electron chi connectivity index (χ4n) is 1.53. The molecule has 0 aliphatic carbocycles. The van der Waals surface area contributed by atoms with Crippen molar-refractivity contribution in [3.05, 3.63) is 40.0 Å². The summed E-state index contributed by atoms with van der Waals surface area (Å²) in [5, 5.41) is 2.07. The molecule has 0 radical (unpaired) electrons. The first-order valence-corrected chi connectivity index (χ1v) is 6.43. The predicted octanol–water partition coefficient (Wildman–Crippen LogP) is 4.87. The van der Waals surface area contributed by atoms with Crippen LogP contribution in [0.5, 0.6) is 5.75 Å². The lowest BCUT2D eigenvalue weighted by molar-refractivity contribution is -0.274. The molecule has 0 spiro atoms. The van der Waals surface area contributed by atoms with Crippen LogP contribution in [0.1, 0.15) is 5.69 Å². The number of nitrogens with one attached hydrogen (secondary N) is 1. The van der Waals surface area contributed by atoms with Crippen LogP contribution in [0.25, 0.3) is 0 Å². The number of rotatable bonds is 3. The number of alkyl halides is 3. The van der Waals surface area contributed by atoms with Crippen LogP contribution in [0.4, 0.5) is 29.1 Å². The van der Waals surface area contributed by atoms with E-state index in [0.717, 1.165) is 12.1 Å². The molecular weight excluding hydrogens is 349 g/mol. The van der Waals surface area contributed by atoms with E-state index >= 15 is 0 Å². The van der Waals surface area contributed by atoms with Crippen molar-refractivity contribution in [3.8, 4) is 5.75 Å². The van der Waals surface area contributed by atoms with Gasteiger partial charge in [-0.15, -0.1) is 13.2 Å². The number of halogens is 6. The quantitative estimate of drug-likeness (QED) is 0.630. The van der Waals surface area contributed by atoms with Crippen LogP contribution < -0.4 is 10.1 Å². The molecule has 0 unspecified atom stereocenters. The van der Waals surface area contributed by atoms with Gasteiger partial charge in [0, 0.05) is 5.69 Å². The van der Waals surface area contributed by atoms with Crippen LogP contribution in [0, 0.1) is 12.7 Å². The zero-order valence-corrected chi connectivity index (χ0v) is 12.3. The molecule has 118 valence electrons. The van der Waals surface area contributed by atoms with Crippen LogP contribution in [0.3, 0.4) is 0 Å². The van der Waals surface area contributed by atoms with Crippen molar-refractivity contribution in [2.75, 3.05) is 5.32 Å². The fraction of sp³-hybridized carbons (Fsp3) is 0.167. The van der Waals surface area contributed by atoms with Crippen molar-refractivity contribution in [1.82, 2.24) is 9.97 Å². The summed E-state index contributed by atoms with van der Waals surface area (Å²) in [6, 6.07) is 3.34. The second kappa shape index (κ2) is 6.13. The van der Waals surface area contributed by atoms with E-state index in [-0.39, 0.29) is 27.5 Å². The Morgan fingerprint density at radius 3 is 2.45 bits per heavy atom. The first kappa shape index (κ1) is 16.6. The molecule has 1 aromatic heterocycles. The van der Waals surface area contributed by atoms with Gasteiger partial charge in [0.05, 0.1) is 10.7 Å². The molecular formula is C12H7Cl2F4N3O. The summed E-state index contributed by atoms with van der Waals surface area (Å²) in [6.07, 6.45) is -4.86. The predicted molar refractivity (Wildman–Crippen MR) is 73.2 cm³/mol. The monoisotopic (exact) mass is 355 g/mol. The number of ether oxygens (including phenoxy) is 1. The fourth-order valence-corrected chi connectivity index (χ4v) is 1.96. The van der Waals surface area contributed by atoms with Crippen LogP contribution in [0.2, 0.25) is 10.3 Å². The summed E-state index contributed by atoms with van der Waals surface area (Å²) >= 11 is 11.3. The lowest BCUT2D eigenvalue weighted by Crippen LogP contribution is -2.17. The maximum Gasteiger partial charge on any atom is 0.573 e. The maximum atomic E-state index is 13.8. The van der Waals surface area contributed by atoms with Gasteiger partial charge in [-0.25, -0.2) is 9.37 Å². The van der Waals surface area contributed by atoms with E-state index in [2.05, 4.69) is 20.0 Å². The number of hydrogen-bond acceptors (Lipinski definition) is 4. The molecule has 10 heteroatoms. The Kier molecular flexibility index (Phi) is 4.62. The van der Waals surface area contributed by atoms with Crippen molar-refractivity contribution in [2.45, 2.75) is 13.3 Å². The molecule has 0 saturated heterocycles. The minimum Gasteiger partial charge on any atom is -0.404 e. The molecule has 4 nitrogen and oxygen atoms in total. The van der Waals surface area contributed by atoms with Crippen LogP contribution in [0.15, 0.2) is 18.2 Å². The van der Waals surface area contributed by atoms with Crippen molar-refractivity contribution >= 4 is 34.7 Å². The van der Waals surface area contributed by atoms with Crippen molar-refractivity contribution in [3.63, 3.8) is 0 Å². The summed E-state index contributed by atoms with van der Waals surface area (Å²) in [4.78, 5) is 7.27. The maximum absolute atomic E-state index is 13.8. The molecule has 0 bridgehead atoms. The largest absolute Gasteiger partial charge is 0.573 e. The Balaban J connectivity index is 2.27. The average Bonchev–Trinajstić information content (AvgIpc) is 2.37. The van der Waals surface area contributed by atoms with Gasteiger partial charge in [0.2, 0.25) is 5.28 Å². The summed E-state index contributed by atoms with van der Waals surface area (Å²) in [5.74, 6) is -1.54. The summed E-state index contributed by atoms with van der Waals surface area (Å²) in [5.41, 5.74) is 0.221. The Bertz CT molecular complexity index is 710. The van der Waals surface area contributed by atoms with E-state index in [1.807, 2.05) is 0 Å². The van der Waals surface area contributed by atoms with Gasteiger partial charge in [-0.3, -0.25) is 0 Å². The normalized spacial score (nSPS) is 11.4. The number of anilines is 2. The zero-order valence-electron chi connectivity index (χ0n) is 10.8. The highest BCUT2D eigenvalue weighted by molar-refractivity contribution is 6.32. The number of aryl methyl sites for hydroxylation is 1. The molecule has 0 amide bonds. The van der Waals surface area contributed by atoms with Crippen LogP contribution in [-0.4, -0.2) is 16.3 Å². The van der Waals surface area contributed by atoms with Crippen molar-refractivity contribution < 1.29 is 22.3 Å². The van der Waals surface area contributed by atoms with Gasteiger partial charge in [0.25, 0.3) is 0 Å². The summed E-state index contributed by atoms with van der Waals surface area (Å²) in [6.45, 7) is 1.39. The lowest BCUT2D eigenvalue weighted by atomic mass is 10.3. The Hall–Kier alpha value is -1.80. The second-order valence-corrected chi connectivity index (χ2v) is 4.80. The van der Waals surface area contributed by atoms with Gasteiger partial charge >= 0.3 is 6.36 Å². The third-order valence-corrected chi connectivity index (χ3v) is 2.87. The molecule has 1 N–H and O–H groups in total. The number of aromatic nitrogens is 2. The minimum atomic E-state index is -4.86. The van der Waals surface area contributed by atoms with Gasteiger partial charge < -0.3 is 10.1 Å². The molecule has 2 rings (SSSR count). The first-order valence-electron chi connectivity index (χ1n) is 5.67. The molecule has 22 heavy (non-hydrogen) atoms. The van der Waals surface area contributed by atoms with E-state index in [1.165, 1.54) is 13.0 Å².